The molecule has 4 rings (SSSR count). The van der Waals surface area contributed by atoms with Gasteiger partial charge in [0.15, 0.2) is 5.82 Å². The number of nitrogens with one attached hydrogen (secondary N) is 1. The Balaban J connectivity index is 0.000000463. The number of benzene rings is 1. The Morgan fingerprint density at radius 1 is 1.11 bits per heavy atom. The van der Waals surface area contributed by atoms with Gasteiger partial charge in [-0.25, -0.2) is 19.3 Å². The summed E-state index contributed by atoms with van der Waals surface area (Å²) in [6.45, 7) is 9.37. The predicted molar refractivity (Wildman–Crippen MR) is 139 cm³/mol. The summed E-state index contributed by atoms with van der Waals surface area (Å²) in [4.78, 5) is 24.2. The lowest BCUT2D eigenvalue weighted by Gasteiger charge is -2.22. The third-order valence-electron chi connectivity index (χ3n) is 5.52. The number of alkyl halides is 1. The standard InChI is InChI=1S/C19H20FN5O2.C5H11N.C2H6/c1-19(2,27)14(20)7-10-3-5-11(6-4-10)13-8-12(18(22)26)15-16(25-13)17(21)24-9-23-15;1-2-4-6-5-3-1;1-2/h3-6,8-9,14,27H,7H2,1-2H3,(H2,22,26)(H2,21,23,24);6H,1-5H2;1-2H3. The molecule has 2 aromatic heterocycles. The quantitative estimate of drug-likeness (QED) is 0.432. The average molecular weight is 485 g/mol. The number of pyridine rings is 1. The van der Waals surface area contributed by atoms with E-state index in [4.69, 9.17) is 11.5 Å². The van der Waals surface area contributed by atoms with Crippen molar-refractivity contribution in [3.63, 3.8) is 0 Å². The minimum Gasteiger partial charge on any atom is -0.387 e. The molecular formula is C26H37FN6O2. The summed E-state index contributed by atoms with van der Waals surface area (Å²) in [5, 5.41) is 13.0. The van der Waals surface area contributed by atoms with Crippen molar-refractivity contribution in [2.24, 2.45) is 5.73 Å². The second kappa shape index (κ2) is 13.1. The van der Waals surface area contributed by atoms with Gasteiger partial charge in [0.25, 0.3) is 5.91 Å². The number of fused-ring (bicyclic) bond motifs is 1. The normalized spacial score (nSPS) is 14.2. The number of nitrogens with zero attached hydrogens (tertiary/aromatic N) is 3. The number of amides is 1. The second-order valence-electron chi connectivity index (χ2n) is 8.71. The summed E-state index contributed by atoms with van der Waals surface area (Å²) in [5.41, 5.74) is 12.6. The van der Waals surface area contributed by atoms with Crippen LogP contribution in [0.3, 0.4) is 0 Å². The molecule has 1 aliphatic heterocycles. The van der Waals surface area contributed by atoms with Crippen molar-refractivity contribution in [3.05, 3.63) is 47.8 Å². The first-order chi connectivity index (χ1) is 16.7. The van der Waals surface area contributed by atoms with Crippen LogP contribution in [0.5, 0.6) is 0 Å². The largest absolute Gasteiger partial charge is 0.387 e. The second-order valence-corrected chi connectivity index (χ2v) is 8.71. The molecule has 6 N–H and O–H groups in total. The first-order valence-corrected chi connectivity index (χ1v) is 12.0. The van der Waals surface area contributed by atoms with Gasteiger partial charge in [-0.1, -0.05) is 44.5 Å². The van der Waals surface area contributed by atoms with Crippen LogP contribution in [0.15, 0.2) is 36.7 Å². The summed E-state index contributed by atoms with van der Waals surface area (Å²) in [6, 6.07) is 8.54. The van der Waals surface area contributed by atoms with E-state index in [2.05, 4.69) is 20.3 Å². The van der Waals surface area contributed by atoms with Gasteiger partial charge in [0, 0.05) is 12.0 Å². The summed E-state index contributed by atoms with van der Waals surface area (Å²) >= 11 is 0. The molecule has 35 heavy (non-hydrogen) atoms. The van der Waals surface area contributed by atoms with Crippen molar-refractivity contribution in [2.75, 3.05) is 18.8 Å². The van der Waals surface area contributed by atoms with Crippen molar-refractivity contribution in [1.29, 1.82) is 0 Å². The van der Waals surface area contributed by atoms with Crippen molar-refractivity contribution in [2.45, 2.75) is 65.2 Å². The molecule has 0 aliphatic carbocycles. The molecule has 0 radical (unpaired) electrons. The summed E-state index contributed by atoms with van der Waals surface area (Å²) in [5.74, 6) is -0.504. The highest BCUT2D eigenvalue weighted by molar-refractivity contribution is 6.06. The molecule has 3 aromatic rings. The summed E-state index contributed by atoms with van der Waals surface area (Å²) < 4.78 is 14.0. The zero-order chi connectivity index (χ0) is 26.0. The molecule has 8 nitrogen and oxygen atoms in total. The van der Waals surface area contributed by atoms with E-state index in [1.807, 2.05) is 13.8 Å². The van der Waals surface area contributed by atoms with E-state index in [-0.39, 0.29) is 17.8 Å². The van der Waals surface area contributed by atoms with Crippen LogP contribution in [0.4, 0.5) is 10.2 Å². The molecule has 0 spiro atoms. The van der Waals surface area contributed by atoms with Gasteiger partial charge >= 0.3 is 0 Å². The van der Waals surface area contributed by atoms with Crippen molar-refractivity contribution < 1.29 is 14.3 Å². The molecule has 1 saturated heterocycles. The lowest BCUT2D eigenvalue weighted by molar-refractivity contribution is -0.00259. The Kier molecular flexibility index (Phi) is 10.5. The van der Waals surface area contributed by atoms with E-state index in [0.29, 0.717) is 22.3 Å². The van der Waals surface area contributed by atoms with Gasteiger partial charge < -0.3 is 21.9 Å². The van der Waals surface area contributed by atoms with Crippen LogP contribution in [0.1, 0.15) is 62.9 Å². The fourth-order valence-electron chi connectivity index (χ4n) is 3.46. The molecule has 190 valence electrons. The number of anilines is 1. The number of carbonyl (C=O) groups excluding carboxylic acids is 1. The number of nitrogen functional groups attached to an aromatic ring is 1. The third-order valence-corrected chi connectivity index (χ3v) is 5.52. The minimum atomic E-state index is -1.41. The molecule has 1 atom stereocenters. The maximum atomic E-state index is 14.0. The Labute approximate surface area is 206 Å². The van der Waals surface area contributed by atoms with Gasteiger partial charge in [0.2, 0.25) is 0 Å². The number of carbonyl (C=O) groups is 1. The van der Waals surface area contributed by atoms with Crippen LogP contribution in [0.25, 0.3) is 22.3 Å². The summed E-state index contributed by atoms with van der Waals surface area (Å²) in [6.07, 6.45) is 4.16. The summed E-state index contributed by atoms with van der Waals surface area (Å²) in [7, 11) is 0. The van der Waals surface area contributed by atoms with Gasteiger partial charge in [-0.2, -0.15) is 0 Å². The molecule has 3 heterocycles. The predicted octanol–water partition coefficient (Wildman–Crippen LogP) is 3.81. The molecule has 0 bridgehead atoms. The molecule has 1 aromatic carbocycles. The molecule has 0 saturated carbocycles. The van der Waals surface area contributed by atoms with Crippen LogP contribution in [0, 0.1) is 0 Å². The number of primary amides is 1. The third kappa shape index (κ3) is 7.93. The lowest BCUT2D eigenvalue weighted by atomic mass is 9.95. The zero-order valence-corrected chi connectivity index (χ0v) is 21.0. The van der Waals surface area contributed by atoms with Crippen LogP contribution in [-0.2, 0) is 6.42 Å². The zero-order valence-electron chi connectivity index (χ0n) is 21.0. The first kappa shape index (κ1) is 28.1. The highest BCUT2D eigenvalue weighted by atomic mass is 19.1. The van der Waals surface area contributed by atoms with E-state index < -0.39 is 17.7 Å². The molecule has 1 aliphatic rings. The molecule has 1 unspecified atom stereocenters. The molecule has 9 heteroatoms. The maximum Gasteiger partial charge on any atom is 0.251 e. The topological polar surface area (TPSA) is 140 Å². The molecule has 1 amide bonds. The Morgan fingerprint density at radius 3 is 2.23 bits per heavy atom. The van der Waals surface area contributed by atoms with Crippen LogP contribution in [0.2, 0.25) is 0 Å². The van der Waals surface area contributed by atoms with Gasteiger partial charge in [0.05, 0.1) is 16.9 Å². The van der Waals surface area contributed by atoms with E-state index >= 15 is 0 Å². The van der Waals surface area contributed by atoms with Gasteiger partial charge in [-0.15, -0.1) is 0 Å². The maximum absolute atomic E-state index is 14.0. The van der Waals surface area contributed by atoms with Crippen molar-refractivity contribution in [3.8, 4) is 11.3 Å². The van der Waals surface area contributed by atoms with Crippen molar-refractivity contribution >= 4 is 22.8 Å². The molecular weight excluding hydrogens is 447 g/mol. The monoisotopic (exact) mass is 484 g/mol. The van der Waals surface area contributed by atoms with Crippen LogP contribution < -0.4 is 16.8 Å². The average Bonchev–Trinajstić information content (AvgIpc) is 2.86. The number of hydrogen-bond donors (Lipinski definition) is 4. The van der Waals surface area contributed by atoms with Gasteiger partial charge in [-0.05, 0) is 51.4 Å². The first-order valence-electron chi connectivity index (χ1n) is 12.0. The van der Waals surface area contributed by atoms with Gasteiger partial charge in [-0.3, -0.25) is 4.79 Å². The van der Waals surface area contributed by atoms with Gasteiger partial charge in [0.1, 0.15) is 23.5 Å². The van der Waals surface area contributed by atoms with E-state index in [1.54, 1.807) is 30.3 Å². The number of aliphatic hydroxyl groups is 1. The highest BCUT2D eigenvalue weighted by Crippen LogP contribution is 2.26. The SMILES string of the molecule is C1CCNCC1.CC.CC(C)(O)C(F)Cc1ccc(-c2cc(C(N)=O)c3ncnc(N)c3n2)cc1. The van der Waals surface area contributed by atoms with E-state index in [9.17, 15) is 14.3 Å². The fraction of sp³-hybridized carbons (Fsp3) is 0.462. The number of hydrogen-bond acceptors (Lipinski definition) is 7. The smallest absolute Gasteiger partial charge is 0.251 e. The van der Waals surface area contributed by atoms with Crippen molar-refractivity contribution in [1.82, 2.24) is 20.3 Å². The molecule has 1 fully saturated rings. The number of piperidine rings is 1. The highest BCUT2D eigenvalue weighted by Gasteiger charge is 2.26. The Hall–Kier alpha value is -3.17. The number of halogens is 1. The van der Waals surface area contributed by atoms with E-state index in [0.717, 1.165) is 5.56 Å². The minimum absolute atomic E-state index is 0.0856. The van der Waals surface area contributed by atoms with Crippen LogP contribution >= 0.6 is 0 Å². The fourth-order valence-corrected chi connectivity index (χ4v) is 3.46. The Morgan fingerprint density at radius 2 is 1.74 bits per heavy atom. The Bertz CT molecular complexity index is 1080. The van der Waals surface area contributed by atoms with E-state index in [1.165, 1.54) is 52.5 Å². The van der Waals surface area contributed by atoms with Crippen LogP contribution in [-0.4, -0.2) is 50.8 Å². The number of nitrogens with two attached hydrogens (primary N) is 2. The number of rotatable bonds is 5. The lowest BCUT2D eigenvalue weighted by Crippen LogP contribution is -2.34. The number of aromatic nitrogens is 3.